The molecule has 1 N–H and O–H groups in total. The molecule has 4 aromatic rings. The number of rotatable bonds is 5. The molecule has 0 bridgehead atoms. The predicted octanol–water partition coefficient (Wildman–Crippen LogP) is 5.44. The van der Waals surface area contributed by atoms with Gasteiger partial charge in [-0.3, -0.25) is 14.3 Å². The van der Waals surface area contributed by atoms with Crippen molar-refractivity contribution in [1.82, 2.24) is 14.7 Å². The van der Waals surface area contributed by atoms with E-state index in [-0.39, 0.29) is 29.3 Å². The van der Waals surface area contributed by atoms with E-state index in [0.717, 1.165) is 54.3 Å². The number of carbonyl (C=O) groups excluding carboxylic acids is 1. The van der Waals surface area contributed by atoms with Crippen LogP contribution >= 0.6 is 0 Å². The zero-order valence-corrected chi connectivity index (χ0v) is 22.6. The first-order valence-electron chi connectivity index (χ1n) is 14.0. The Bertz CT molecular complexity index is 1600. The van der Waals surface area contributed by atoms with Gasteiger partial charge in [-0.15, -0.1) is 0 Å². The van der Waals surface area contributed by atoms with E-state index in [9.17, 15) is 9.59 Å². The Balaban J connectivity index is 1.52. The maximum atomic E-state index is 14.7. The summed E-state index contributed by atoms with van der Waals surface area (Å²) in [7, 11) is 1.84. The number of para-hydroxylation sites is 2. The second-order valence-electron chi connectivity index (χ2n) is 12.0. The van der Waals surface area contributed by atoms with Gasteiger partial charge in [-0.25, -0.2) is 4.79 Å². The lowest BCUT2D eigenvalue weighted by Crippen LogP contribution is -2.37. The predicted molar refractivity (Wildman–Crippen MR) is 148 cm³/mol. The molecule has 2 aliphatic carbocycles. The smallest absolute Gasteiger partial charge is 0.376 e. The van der Waals surface area contributed by atoms with Gasteiger partial charge < -0.3 is 14.2 Å². The molecule has 3 heterocycles. The average molecular weight is 527 g/mol. The van der Waals surface area contributed by atoms with Crippen LogP contribution in [0.5, 0.6) is 0 Å². The minimum Gasteiger partial charge on any atom is -0.376 e. The van der Waals surface area contributed by atoms with E-state index in [1.807, 2.05) is 49.5 Å². The molecule has 2 aromatic carbocycles. The fourth-order valence-electron chi connectivity index (χ4n) is 7.79. The van der Waals surface area contributed by atoms with Gasteiger partial charge in [0.15, 0.2) is 5.82 Å². The SMILES string of the molecule is CN(C(=O)c1c([C@H]2CCOC(C)(C)C2)c2ccccc2n1C1(c2noc(=O)[nH]2)C2CCCC21)c1ccccc1. The largest absolute Gasteiger partial charge is 0.438 e. The summed E-state index contributed by atoms with van der Waals surface area (Å²) in [4.78, 5) is 31.6. The number of anilines is 1. The number of benzene rings is 2. The first kappa shape index (κ1) is 24.4. The normalized spacial score (nSPS) is 27.4. The molecular formula is C31H34N4O4. The highest BCUT2D eigenvalue weighted by Crippen LogP contribution is 2.69. The van der Waals surface area contributed by atoms with Crippen molar-refractivity contribution in [1.29, 1.82) is 0 Å². The molecule has 7 rings (SSSR count). The molecule has 2 unspecified atom stereocenters. The molecule has 0 radical (unpaired) electrons. The summed E-state index contributed by atoms with van der Waals surface area (Å²) in [5, 5.41) is 5.34. The molecule has 3 fully saturated rings. The number of amides is 1. The van der Waals surface area contributed by atoms with Gasteiger partial charge in [0.1, 0.15) is 11.2 Å². The molecule has 8 heteroatoms. The second-order valence-corrected chi connectivity index (χ2v) is 12.0. The van der Waals surface area contributed by atoms with Crippen molar-refractivity contribution in [2.45, 2.75) is 63.0 Å². The molecule has 3 atom stereocenters. The third-order valence-electron chi connectivity index (χ3n) is 9.40. The average Bonchev–Trinajstić information content (AvgIpc) is 3.40. The minimum atomic E-state index is -0.620. The molecule has 0 spiro atoms. The number of hydrogen-bond donors (Lipinski definition) is 1. The van der Waals surface area contributed by atoms with Crippen molar-refractivity contribution in [3.8, 4) is 0 Å². The van der Waals surface area contributed by atoms with Gasteiger partial charge in [-0.05, 0) is 81.0 Å². The Morgan fingerprint density at radius 1 is 1.05 bits per heavy atom. The number of carbonyl (C=O) groups is 1. The number of nitrogens with zero attached hydrogens (tertiary/aromatic N) is 3. The van der Waals surface area contributed by atoms with Gasteiger partial charge >= 0.3 is 5.76 Å². The molecule has 8 nitrogen and oxygen atoms in total. The van der Waals surface area contributed by atoms with E-state index in [2.05, 4.69) is 40.7 Å². The summed E-state index contributed by atoms with van der Waals surface area (Å²) < 4.78 is 13.4. The number of hydrogen-bond acceptors (Lipinski definition) is 5. The number of aromatic nitrogens is 3. The summed E-state index contributed by atoms with van der Waals surface area (Å²) in [6.45, 7) is 4.90. The first-order chi connectivity index (χ1) is 18.8. The molecule has 1 aliphatic heterocycles. The van der Waals surface area contributed by atoms with Crippen LogP contribution in [0.2, 0.25) is 0 Å². The molecule has 2 aromatic heterocycles. The number of H-pyrrole nitrogens is 1. The van der Waals surface area contributed by atoms with Crippen LogP contribution in [-0.2, 0) is 10.3 Å². The van der Waals surface area contributed by atoms with Gasteiger partial charge in [0.2, 0.25) is 0 Å². The van der Waals surface area contributed by atoms with Crippen LogP contribution in [0.4, 0.5) is 5.69 Å². The zero-order valence-electron chi connectivity index (χ0n) is 22.6. The Hall–Kier alpha value is -3.65. The van der Waals surface area contributed by atoms with E-state index < -0.39 is 11.3 Å². The number of aromatic amines is 1. The summed E-state index contributed by atoms with van der Waals surface area (Å²) in [6, 6.07) is 18.1. The number of nitrogens with one attached hydrogen (secondary N) is 1. The number of fused-ring (bicyclic) bond motifs is 2. The van der Waals surface area contributed by atoms with Gasteiger partial charge in [-0.2, -0.15) is 0 Å². The monoisotopic (exact) mass is 526 g/mol. The minimum absolute atomic E-state index is 0.0631. The molecule has 2 saturated carbocycles. The molecule has 202 valence electrons. The van der Waals surface area contributed by atoms with Crippen molar-refractivity contribution in [3.05, 3.63) is 82.2 Å². The second kappa shape index (κ2) is 8.68. The standard InChI is InChI=1S/C31H34N4O4/c1-30(2)18-19(16-17-38-30)25-21-12-7-8-15-24(21)35(26(25)27(36)34(3)20-10-5-4-6-11-20)31(22-13-9-14-23(22)31)28-32-29(37)39-33-28/h4-8,10-12,15,19,22-23H,9,13-14,16-18H2,1-3H3,(H,32,33,37)/t19-,22?,23?,31?/m0/s1. The maximum absolute atomic E-state index is 14.7. The fourth-order valence-corrected chi connectivity index (χ4v) is 7.79. The van der Waals surface area contributed by atoms with E-state index in [1.54, 1.807) is 4.90 Å². The van der Waals surface area contributed by atoms with Crippen molar-refractivity contribution in [2.75, 3.05) is 18.6 Å². The van der Waals surface area contributed by atoms with Crippen LogP contribution in [0.15, 0.2) is 63.9 Å². The van der Waals surface area contributed by atoms with E-state index in [0.29, 0.717) is 18.1 Å². The third-order valence-corrected chi connectivity index (χ3v) is 9.40. The molecule has 39 heavy (non-hydrogen) atoms. The fraction of sp³-hybridized carbons (Fsp3) is 0.452. The van der Waals surface area contributed by atoms with Crippen molar-refractivity contribution >= 4 is 22.5 Å². The molecule has 3 aliphatic rings. The van der Waals surface area contributed by atoms with Crippen LogP contribution in [0.3, 0.4) is 0 Å². The quantitative estimate of drug-likeness (QED) is 0.374. The van der Waals surface area contributed by atoms with Crippen LogP contribution in [0, 0.1) is 11.8 Å². The van der Waals surface area contributed by atoms with Crippen LogP contribution < -0.4 is 10.7 Å². The van der Waals surface area contributed by atoms with Crippen molar-refractivity contribution < 1.29 is 14.1 Å². The van der Waals surface area contributed by atoms with E-state index in [4.69, 9.17) is 9.26 Å². The lowest BCUT2D eigenvalue weighted by molar-refractivity contribution is -0.0592. The Labute approximate surface area is 226 Å². The molecule has 1 amide bonds. The lowest BCUT2D eigenvalue weighted by atomic mass is 9.82. The molecule has 1 saturated heterocycles. The van der Waals surface area contributed by atoms with Gasteiger partial charge in [0.25, 0.3) is 5.91 Å². The maximum Gasteiger partial charge on any atom is 0.438 e. The van der Waals surface area contributed by atoms with Crippen LogP contribution in [0.1, 0.15) is 73.7 Å². The van der Waals surface area contributed by atoms with Crippen molar-refractivity contribution in [2.24, 2.45) is 11.8 Å². The highest BCUT2D eigenvalue weighted by molar-refractivity contribution is 6.10. The van der Waals surface area contributed by atoms with Crippen LogP contribution in [-0.4, -0.2) is 39.9 Å². The van der Waals surface area contributed by atoms with Gasteiger partial charge in [0.05, 0.1) is 5.60 Å². The first-order valence-corrected chi connectivity index (χ1v) is 14.0. The lowest BCUT2D eigenvalue weighted by Gasteiger charge is -2.36. The Morgan fingerprint density at radius 3 is 2.46 bits per heavy atom. The Kier molecular flexibility index (Phi) is 5.43. The summed E-state index contributed by atoms with van der Waals surface area (Å²) >= 11 is 0. The van der Waals surface area contributed by atoms with Crippen LogP contribution in [0.25, 0.3) is 10.9 Å². The van der Waals surface area contributed by atoms with E-state index >= 15 is 0 Å². The third kappa shape index (κ3) is 3.57. The Morgan fingerprint density at radius 2 is 1.77 bits per heavy atom. The highest BCUT2D eigenvalue weighted by Gasteiger charge is 2.71. The summed E-state index contributed by atoms with van der Waals surface area (Å²) in [5.74, 6) is 0.606. The zero-order chi connectivity index (χ0) is 26.9. The van der Waals surface area contributed by atoms with E-state index in [1.165, 1.54) is 0 Å². The molecular weight excluding hydrogens is 492 g/mol. The summed E-state index contributed by atoms with van der Waals surface area (Å²) in [5.41, 5.74) is 2.68. The summed E-state index contributed by atoms with van der Waals surface area (Å²) in [6.07, 6.45) is 4.83. The van der Waals surface area contributed by atoms with Gasteiger partial charge in [-0.1, -0.05) is 48.0 Å². The van der Waals surface area contributed by atoms with Gasteiger partial charge in [0, 0.05) is 30.2 Å². The van der Waals surface area contributed by atoms with Crippen molar-refractivity contribution in [3.63, 3.8) is 0 Å². The topological polar surface area (TPSA) is 93.4 Å². The number of ether oxygens (including phenoxy) is 1. The highest BCUT2D eigenvalue weighted by atomic mass is 16.5.